The predicted molar refractivity (Wildman–Crippen MR) is 130 cm³/mol. The van der Waals surface area contributed by atoms with Crippen LogP contribution >= 0.6 is 0 Å². The Morgan fingerprint density at radius 1 is 0.727 bits per heavy atom. The quantitative estimate of drug-likeness (QED) is 0.355. The van der Waals surface area contributed by atoms with Crippen molar-refractivity contribution in [2.24, 2.45) is 11.8 Å². The molecule has 0 aliphatic carbocycles. The van der Waals surface area contributed by atoms with E-state index in [1.54, 1.807) is 0 Å². The van der Waals surface area contributed by atoms with Crippen LogP contribution in [0.15, 0.2) is 36.4 Å². The molecule has 4 rings (SSSR count). The van der Waals surface area contributed by atoms with Gasteiger partial charge in [0.05, 0.1) is 33.0 Å². The Morgan fingerprint density at radius 3 is 2.15 bits per heavy atom. The first kappa shape index (κ1) is 24.5. The van der Waals surface area contributed by atoms with E-state index < -0.39 is 0 Å². The molecule has 0 radical (unpaired) electrons. The third-order valence-electron chi connectivity index (χ3n) is 6.65. The van der Waals surface area contributed by atoms with Gasteiger partial charge >= 0.3 is 0 Å². The molecule has 0 spiro atoms. The van der Waals surface area contributed by atoms with Gasteiger partial charge < -0.3 is 23.7 Å². The molecule has 0 amide bonds. The van der Waals surface area contributed by atoms with E-state index in [-0.39, 0.29) is 12.6 Å². The molecule has 0 unspecified atom stereocenters. The van der Waals surface area contributed by atoms with Gasteiger partial charge in [-0.05, 0) is 54.7 Å². The van der Waals surface area contributed by atoms with Gasteiger partial charge in [0.25, 0.3) is 0 Å². The van der Waals surface area contributed by atoms with Crippen molar-refractivity contribution in [1.29, 1.82) is 0 Å². The average Bonchev–Trinajstić information content (AvgIpc) is 2.87. The summed E-state index contributed by atoms with van der Waals surface area (Å²) in [6, 6.07) is 12.7. The summed E-state index contributed by atoms with van der Waals surface area (Å²) in [5, 5.41) is 2.35. The third kappa shape index (κ3) is 7.16. The Bertz CT molecular complexity index is 837. The monoisotopic (exact) mass is 456 g/mol. The number of hydrogen-bond donors (Lipinski definition) is 0. The van der Waals surface area contributed by atoms with Crippen LogP contribution in [-0.4, -0.2) is 39.3 Å². The van der Waals surface area contributed by atoms with Crippen molar-refractivity contribution in [3.05, 3.63) is 42.0 Å². The van der Waals surface area contributed by atoms with Crippen molar-refractivity contribution in [3.63, 3.8) is 0 Å². The minimum Gasteiger partial charge on any atom is -0.494 e. The van der Waals surface area contributed by atoms with Gasteiger partial charge in [0, 0.05) is 17.4 Å². The molecule has 182 valence electrons. The lowest BCUT2D eigenvalue weighted by molar-refractivity contribution is -0.220. The maximum absolute atomic E-state index is 6.09. The maximum Gasteiger partial charge on any atom is 0.183 e. The van der Waals surface area contributed by atoms with Gasteiger partial charge in [0.1, 0.15) is 5.75 Å². The van der Waals surface area contributed by atoms with Crippen LogP contribution in [0.2, 0.25) is 0 Å². The molecular formula is C28H40O5. The highest BCUT2D eigenvalue weighted by atomic mass is 16.7. The molecule has 5 nitrogen and oxygen atoms in total. The van der Waals surface area contributed by atoms with Gasteiger partial charge in [0.15, 0.2) is 12.6 Å². The predicted octanol–water partition coefficient (Wildman–Crippen LogP) is 6.64. The Hall–Kier alpha value is -1.66. The molecule has 2 aliphatic heterocycles. The summed E-state index contributed by atoms with van der Waals surface area (Å²) < 4.78 is 29.9. The second-order valence-corrected chi connectivity index (χ2v) is 9.52. The van der Waals surface area contributed by atoms with Crippen LogP contribution in [0, 0.1) is 11.8 Å². The van der Waals surface area contributed by atoms with E-state index in [0.29, 0.717) is 25.0 Å². The average molecular weight is 457 g/mol. The van der Waals surface area contributed by atoms with Gasteiger partial charge in [-0.2, -0.15) is 0 Å². The van der Waals surface area contributed by atoms with Gasteiger partial charge in [-0.15, -0.1) is 0 Å². The lowest BCUT2D eigenvalue weighted by Gasteiger charge is -2.32. The lowest BCUT2D eigenvalue weighted by atomic mass is 10.0. The number of fused-ring (bicyclic) bond motifs is 1. The van der Waals surface area contributed by atoms with E-state index in [4.69, 9.17) is 23.7 Å². The molecule has 0 saturated carbocycles. The molecule has 0 N–H and O–H groups in total. The van der Waals surface area contributed by atoms with Crippen molar-refractivity contribution in [2.45, 2.75) is 71.4 Å². The maximum atomic E-state index is 6.09. The van der Waals surface area contributed by atoms with Crippen LogP contribution in [0.4, 0.5) is 0 Å². The Morgan fingerprint density at radius 2 is 1.39 bits per heavy atom. The molecule has 0 atom stereocenters. The SMILES string of the molecule is CCCCOc1ccc2cc(C3OCC(CCC4OCC(CCCC)CO4)CO3)ccc2c1. The zero-order valence-corrected chi connectivity index (χ0v) is 20.3. The molecule has 2 aromatic carbocycles. The zero-order valence-electron chi connectivity index (χ0n) is 20.3. The highest BCUT2D eigenvalue weighted by Crippen LogP contribution is 2.31. The van der Waals surface area contributed by atoms with Crippen LogP contribution in [-0.2, 0) is 18.9 Å². The van der Waals surface area contributed by atoms with E-state index in [1.165, 1.54) is 30.0 Å². The molecule has 0 aromatic heterocycles. The smallest absolute Gasteiger partial charge is 0.183 e. The lowest BCUT2D eigenvalue weighted by Crippen LogP contribution is -2.33. The Labute approximate surface area is 198 Å². The summed E-state index contributed by atoms with van der Waals surface area (Å²) in [4.78, 5) is 0. The zero-order chi connectivity index (χ0) is 22.9. The third-order valence-corrected chi connectivity index (χ3v) is 6.65. The normalized spacial score (nSPS) is 25.9. The van der Waals surface area contributed by atoms with Crippen LogP contribution in [0.25, 0.3) is 10.8 Å². The van der Waals surface area contributed by atoms with E-state index in [1.807, 2.05) is 6.07 Å². The van der Waals surface area contributed by atoms with E-state index >= 15 is 0 Å². The topological polar surface area (TPSA) is 46.2 Å². The second kappa shape index (κ2) is 12.7. The van der Waals surface area contributed by atoms with Crippen molar-refractivity contribution in [3.8, 4) is 5.75 Å². The van der Waals surface area contributed by atoms with Crippen LogP contribution < -0.4 is 4.74 Å². The number of hydrogen-bond acceptors (Lipinski definition) is 5. The largest absolute Gasteiger partial charge is 0.494 e. The summed E-state index contributed by atoms with van der Waals surface area (Å²) >= 11 is 0. The fourth-order valence-electron chi connectivity index (χ4n) is 4.50. The summed E-state index contributed by atoms with van der Waals surface area (Å²) in [6.45, 7) is 8.25. The van der Waals surface area contributed by atoms with Crippen molar-refractivity contribution in [1.82, 2.24) is 0 Å². The highest BCUT2D eigenvalue weighted by molar-refractivity contribution is 5.84. The molecule has 2 aliphatic rings. The number of rotatable bonds is 11. The Balaban J connectivity index is 1.20. The fraction of sp³-hybridized carbons (Fsp3) is 0.643. The molecule has 2 saturated heterocycles. The summed E-state index contributed by atoms with van der Waals surface area (Å²) in [5.41, 5.74) is 1.07. The first-order valence-electron chi connectivity index (χ1n) is 12.9. The minimum atomic E-state index is -0.298. The molecule has 33 heavy (non-hydrogen) atoms. The van der Waals surface area contributed by atoms with E-state index in [9.17, 15) is 0 Å². The number of unbranched alkanes of at least 4 members (excludes halogenated alkanes) is 2. The first-order chi connectivity index (χ1) is 16.2. The van der Waals surface area contributed by atoms with E-state index in [0.717, 1.165) is 56.8 Å². The molecule has 2 fully saturated rings. The summed E-state index contributed by atoms with van der Waals surface area (Å²) in [6.07, 6.45) is 7.44. The summed E-state index contributed by atoms with van der Waals surface area (Å²) in [5.74, 6) is 1.87. The van der Waals surface area contributed by atoms with Gasteiger partial charge in [-0.25, -0.2) is 0 Å². The van der Waals surface area contributed by atoms with Crippen LogP contribution in [0.3, 0.4) is 0 Å². The molecule has 0 bridgehead atoms. The molecule has 2 heterocycles. The van der Waals surface area contributed by atoms with Crippen LogP contribution in [0.1, 0.15) is 70.6 Å². The van der Waals surface area contributed by atoms with Crippen LogP contribution in [0.5, 0.6) is 5.75 Å². The van der Waals surface area contributed by atoms with E-state index in [2.05, 4.69) is 44.2 Å². The molecule has 5 heteroatoms. The van der Waals surface area contributed by atoms with Gasteiger partial charge in [0.2, 0.25) is 0 Å². The molecule has 2 aromatic rings. The van der Waals surface area contributed by atoms with Gasteiger partial charge in [-0.3, -0.25) is 0 Å². The fourth-order valence-corrected chi connectivity index (χ4v) is 4.50. The standard InChI is InChI=1S/C28H40O5/c1-3-5-7-21-17-30-27(31-18-21)13-8-22-19-32-28(33-20-22)25-10-9-24-16-26(29-14-6-4-2)12-11-23(24)15-25/h9-12,15-16,21-22,27-28H,3-8,13-14,17-20H2,1-2H3. The minimum absolute atomic E-state index is 0.0723. The molecular weight excluding hydrogens is 416 g/mol. The first-order valence-corrected chi connectivity index (χ1v) is 12.9. The van der Waals surface area contributed by atoms with Crippen molar-refractivity contribution >= 4 is 10.8 Å². The van der Waals surface area contributed by atoms with Gasteiger partial charge in [-0.1, -0.05) is 51.3 Å². The second-order valence-electron chi connectivity index (χ2n) is 9.52. The summed E-state index contributed by atoms with van der Waals surface area (Å²) in [7, 11) is 0. The van der Waals surface area contributed by atoms with Crippen molar-refractivity contribution in [2.75, 3.05) is 33.0 Å². The van der Waals surface area contributed by atoms with Crippen molar-refractivity contribution < 1.29 is 23.7 Å². The number of ether oxygens (including phenoxy) is 5. The Kier molecular flexibility index (Phi) is 9.42. The highest BCUT2D eigenvalue weighted by Gasteiger charge is 2.27. The number of benzene rings is 2.